The zero-order valence-electron chi connectivity index (χ0n) is 13.6. The van der Waals surface area contributed by atoms with Crippen molar-refractivity contribution in [2.75, 3.05) is 7.11 Å². The van der Waals surface area contributed by atoms with E-state index in [9.17, 15) is 9.59 Å². The van der Waals surface area contributed by atoms with Gasteiger partial charge in [0.1, 0.15) is 5.76 Å². The predicted molar refractivity (Wildman–Crippen MR) is 94.7 cm³/mol. The maximum atomic E-state index is 13.1. The van der Waals surface area contributed by atoms with Crippen molar-refractivity contribution in [3.05, 3.63) is 74.8 Å². The van der Waals surface area contributed by atoms with Gasteiger partial charge in [-0.05, 0) is 35.0 Å². The summed E-state index contributed by atoms with van der Waals surface area (Å²) in [6, 6.07) is 10.9. The molecule has 2 heterocycles. The molecule has 0 amide bonds. The summed E-state index contributed by atoms with van der Waals surface area (Å²) >= 11 is 3.29. The largest absolute Gasteiger partial charge is 0.466 e. The fourth-order valence-electron chi connectivity index (χ4n) is 3.48. The smallest absolute Gasteiger partial charge is 0.336 e. The van der Waals surface area contributed by atoms with Gasteiger partial charge < -0.3 is 14.5 Å². The van der Waals surface area contributed by atoms with Gasteiger partial charge in [0.05, 0.1) is 24.3 Å². The number of fused-ring (bicyclic) bond motifs is 2. The van der Waals surface area contributed by atoms with Crippen molar-refractivity contribution in [3.8, 4) is 0 Å². The second-order valence-electron chi connectivity index (χ2n) is 5.89. The van der Waals surface area contributed by atoms with Gasteiger partial charge in [-0.1, -0.05) is 24.3 Å². The summed E-state index contributed by atoms with van der Waals surface area (Å²) in [4.78, 5) is 25.5. The van der Waals surface area contributed by atoms with Crippen LogP contribution in [-0.2, 0) is 9.53 Å². The second-order valence-corrected chi connectivity index (χ2v) is 6.68. The molecular formula is C19H14BrNO4. The van der Waals surface area contributed by atoms with E-state index in [1.54, 1.807) is 25.1 Å². The van der Waals surface area contributed by atoms with Gasteiger partial charge in [-0.2, -0.15) is 0 Å². The number of carbonyl (C=O) groups excluding carboxylic acids is 2. The van der Waals surface area contributed by atoms with Crippen LogP contribution >= 0.6 is 15.9 Å². The molecule has 1 aliphatic carbocycles. The summed E-state index contributed by atoms with van der Waals surface area (Å²) in [7, 11) is 1.33. The molecule has 0 saturated carbocycles. The van der Waals surface area contributed by atoms with Gasteiger partial charge in [0.2, 0.25) is 0 Å². The lowest BCUT2D eigenvalue weighted by Gasteiger charge is -2.27. The average Bonchev–Trinajstić information content (AvgIpc) is 3.16. The van der Waals surface area contributed by atoms with E-state index in [1.807, 2.05) is 18.2 Å². The summed E-state index contributed by atoms with van der Waals surface area (Å²) in [5.74, 6) is -0.695. The van der Waals surface area contributed by atoms with Crippen molar-refractivity contribution in [2.45, 2.75) is 12.8 Å². The third-order valence-electron chi connectivity index (χ3n) is 4.53. The normalized spacial score (nSPS) is 18.8. The third-order valence-corrected chi connectivity index (χ3v) is 4.96. The molecule has 0 fully saturated rings. The van der Waals surface area contributed by atoms with Gasteiger partial charge in [-0.25, -0.2) is 4.79 Å². The van der Waals surface area contributed by atoms with Crippen molar-refractivity contribution in [1.29, 1.82) is 0 Å². The van der Waals surface area contributed by atoms with E-state index >= 15 is 0 Å². The minimum absolute atomic E-state index is 0.107. The topological polar surface area (TPSA) is 68.5 Å². The first-order valence-electron chi connectivity index (χ1n) is 7.72. The molecule has 1 aliphatic heterocycles. The number of allylic oxidation sites excluding steroid dienone is 2. The number of carbonyl (C=O) groups is 2. The second kappa shape index (κ2) is 5.74. The molecule has 1 atom stereocenters. The number of hydrogen-bond donors (Lipinski definition) is 1. The van der Waals surface area contributed by atoms with E-state index in [4.69, 9.17) is 9.15 Å². The number of nitrogens with one attached hydrogen (secondary N) is 1. The highest BCUT2D eigenvalue weighted by atomic mass is 79.9. The molecule has 2 aromatic rings. The standard InChI is InChI=1S/C19H14BrNO4/c1-9-14(19(23)24-2)15(12-7-8-13(20)25-12)16-17(21-9)10-5-3-4-6-11(10)18(16)22/h3-8,15,21H,1-2H3. The zero-order valence-corrected chi connectivity index (χ0v) is 15.1. The number of Topliss-reactive ketones (excluding diaryl/α,β-unsaturated/α-hetero) is 1. The monoisotopic (exact) mass is 399 g/mol. The number of benzene rings is 1. The van der Waals surface area contributed by atoms with Crippen molar-refractivity contribution in [2.24, 2.45) is 0 Å². The number of rotatable bonds is 2. The van der Waals surface area contributed by atoms with Crippen molar-refractivity contribution < 1.29 is 18.7 Å². The molecule has 25 heavy (non-hydrogen) atoms. The molecule has 0 saturated heterocycles. The molecular weight excluding hydrogens is 386 g/mol. The van der Waals surface area contributed by atoms with Gasteiger partial charge in [-0.3, -0.25) is 4.79 Å². The van der Waals surface area contributed by atoms with Crippen molar-refractivity contribution in [1.82, 2.24) is 5.32 Å². The van der Waals surface area contributed by atoms with Crippen LogP contribution in [-0.4, -0.2) is 18.9 Å². The fourth-order valence-corrected chi connectivity index (χ4v) is 3.80. The van der Waals surface area contributed by atoms with E-state index in [-0.39, 0.29) is 5.78 Å². The van der Waals surface area contributed by atoms with Crippen LogP contribution in [0.1, 0.15) is 34.5 Å². The van der Waals surface area contributed by atoms with Crippen molar-refractivity contribution in [3.63, 3.8) is 0 Å². The average molecular weight is 400 g/mol. The van der Waals surface area contributed by atoms with E-state index in [0.717, 1.165) is 11.3 Å². The minimum Gasteiger partial charge on any atom is -0.466 e. The maximum Gasteiger partial charge on any atom is 0.336 e. The van der Waals surface area contributed by atoms with E-state index in [2.05, 4.69) is 21.2 Å². The van der Waals surface area contributed by atoms with Crippen LogP contribution in [0.3, 0.4) is 0 Å². The predicted octanol–water partition coefficient (Wildman–Crippen LogP) is 3.78. The van der Waals surface area contributed by atoms with Gasteiger partial charge in [0.15, 0.2) is 10.5 Å². The van der Waals surface area contributed by atoms with Crippen LogP contribution < -0.4 is 5.32 Å². The third kappa shape index (κ3) is 2.28. The van der Waals surface area contributed by atoms with Crippen molar-refractivity contribution >= 4 is 33.4 Å². The summed E-state index contributed by atoms with van der Waals surface area (Å²) in [5, 5.41) is 3.22. The summed E-state index contributed by atoms with van der Waals surface area (Å²) in [6.07, 6.45) is 0. The van der Waals surface area contributed by atoms with Gasteiger partial charge in [-0.15, -0.1) is 0 Å². The Morgan fingerprint density at radius 1 is 1.20 bits per heavy atom. The molecule has 2 aliphatic rings. The van der Waals surface area contributed by atoms with Gasteiger partial charge in [0, 0.05) is 22.4 Å². The lowest BCUT2D eigenvalue weighted by Crippen LogP contribution is -2.28. The molecule has 0 spiro atoms. The SMILES string of the molecule is COC(=O)C1=C(C)NC2=C(C(=O)c3ccccc32)C1c1ccc(Br)o1. The Hall–Kier alpha value is -2.60. The van der Waals surface area contributed by atoms with Crippen LogP contribution in [0.15, 0.2) is 62.3 Å². The Balaban J connectivity index is 1.96. The Kier molecular flexibility index (Phi) is 3.65. The lowest BCUT2D eigenvalue weighted by atomic mass is 9.83. The Bertz CT molecular complexity index is 983. The maximum absolute atomic E-state index is 13.1. The minimum atomic E-state index is -0.616. The van der Waals surface area contributed by atoms with Gasteiger partial charge in [0.25, 0.3) is 0 Å². The first kappa shape index (κ1) is 15.9. The number of ether oxygens (including phenoxy) is 1. The molecule has 1 unspecified atom stereocenters. The first-order valence-corrected chi connectivity index (χ1v) is 8.51. The zero-order chi connectivity index (χ0) is 17.7. The van der Waals surface area contributed by atoms with Crippen LogP contribution in [0.4, 0.5) is 0 Å². The number of dihydropyridines is 1. The van der Waals surface area contributed by atoms with Gasteiger partial charge >= 0.3 is 5.97 Å². The summed E-state index contributed by atoms with van der Waals surface area (Å²) in [6.45, 7) is 1.80. The molecule has 4 rings (SSSR count). The number of ketones is 1. The van der Waals surface area contributed by atoms with E-state index < -0.39 is 11.9 Å². The molecule has 1 N–H and O–H groups in total. The molecule has 6 heteroatoms. The van der Waals surface area contributed by atoms with Crippen LogP contribution in [0.25, 0.3) is 5.70 Å². The first-order chi connectivity index (χ1) is 12.0. The molecule has 0 radical (unpaired) electrons. The molecule has 0 bridgehead atoms. The Morgan fingerprint density at radius 3 is 2.56 bits per heavy atom. The van der Waals surface area contributed by atoms with E-state index in [0.29, 0.717) is 32.8 Å². The molecule has 1 aromatic carbocycles. The number of esters is 1. The van der Waals surface area contributed by atoms with Crippen LogP contribution in [0.5, 0.6) is 0 Å². The summed E-state index contributed by atoms with van der Waals surface area (Å²) < 4.78 is 11.2. The highest BCUT2D eigenvalue weighted by molar-refractivity contribution is 9.10. The number of methoxy groups -OCH3 is 1. The molecule has 1 aromatic heterocycles. The fraction of sp³-hybridized carbons (Fsp3) is 0.158. The number of hydrogen-bond acceptors (Lipinski definition) is 5. The highest BCUT2D eigenvalue weighted by Gasteiger charge is 2.44. The number of halogens is 1. The molecule has 126 valence electrons. The molecule has 5 nitrogen and oxygen atoms in total. The van der Waals surface area contributed by atoms with Crippen LogP contribution in [0, 0.1) is 0 Å². The Labute approximate surface area is 152 Å². The summed E-state index contributed by atoms with van der Waals surface area (Å²) in [5.41, 5.74) is 3.71. The lowest BCUT2D eigenvalue weighted by molar-refractivity contribution is -0.136. The number of furan rings is 1. The highest BCUT2D eigenvalue weighted by Crippen LogP contribution is 2.47. The van der Waals surface area contributed by atoms with E-state index in [1.165, 1.54) is 7.11 Å². The van der Waals surface area contributed by atoms with Crippen LogP contribution in [0.2, 0.25) is 0 Å². The Morgan fingerprint density at radius 2 is 1.92 bits per heavy atom. The quantitative estimate of drug-likeness (QED) is 0.778.